The van der Waals surface area contributed by atoms with E-state index in [0.717, 1.165) is 11.4 Å². The quantitative estimate of drug-likeness (QED) is 0.625. The molecule has 134 valence electrons. The summed E-state index contributed by atoms with van der Waals surface area (Å²) in [7, 11) is 0. The van der Waals surface area contributed by atoms with Crippen molar-refractivity contribution < 1.29 is 14.3 Å². The molecule has 2 heterocycles. The molecule has 0 bridgehead atoms. The van der Waals surface area contributed by atoms with E-state index in [9.17, 15) is 9.59 Å². The van der Waals surface area contributed by atoms with Gasteiger partial charge in [-0.1, -0.05) is 11.6 Å². The molecule has 1 N–H and O–H groups in total. The molecule has 0 fully saturated rings. The molecule has 0 aliphatic rings. The highest BCUT2D eigenvalue weighted by molar-refractivity contribution is 6.31. The summed E-state index contributed by atoms with van der Waals surface area (Å²) >= 11 is 6.12. The Morgan fingerprint density at radius 2 is 2.08 bits per heavy atom. The smallest absolute Gasteiger partial charge is 0.332 e. The number of ether oxygens (including phenoxy) is 1. The molecule has 0 atom stereocenters. The van der Waals surface area contributed by atoms with Gasteiger partial charge in [-0.05, 0) is 33.8 Å². The summed E-state index contributed by atoms with van der Waals surface area (Å²) in [6.07, 6.45) is 2.89. The summed E-state index contributed by atoms with van der Waals surface area (Å²) in [5.74, 6) is -0.921. The van der Waals surface area contributed by atoms with Crippen LogP contribution in [-0.4, -0.2) is 38.0 Å². The van der Waals surface area contributed by atoms with Crippen molar-refractivity contribution in [1.29, 1.82) is 0 Å². The molecule has 0 radical (unpaired) electrons. The summed E-state index contributed by atoms with van der Waals surface area (Å²) in [5.41, 5.74) is 2.17. The number of nitrogens with one attached hydrogen (secondary N) is 1. The van der Waals surface area contributed by atoms with Gasteiger partial charge in [-0.15, -0.1) is 0 Å². The second-order valence-corrected chi connectivity index (χ2v) is 5.78. The van der Waals surface area contributed by atoms with Crippen LogP contribution < -0.4 is 5.32 Å². The third kappa shape index (κ3) is 4.69. The first kappa shape index (κ1) is 18.7. The molecule has 25 heavy (non-hydrogen) atoms. The molecule has 8 nitrogen and oxygen atoms in total. The van der Waals surface area contributed by atoms with Crippen LogP contribution >= 0.6 is 11.6 Å². The maximum atomic E-state index is 12.2. The van der Waals surface area contributed by atoms with E-state index in [0.29, 0.717) is 17.4 Å². The van der Waals surface area contributed by atoms with Crippen LogP contribution in [0.2, 0.25) is 5.02 Å². The normalized spacial score (nSPS) is 11.5. The lowest BCUT2D eigenvalue weighted by molar-refractivity contribution is -0.137. The number of carbonyl (C=O) groups is 2. The van der Waals surface area contributed by atoms with Crippen molar-refractivity contribution in [3.05, 3.63) is 46.1 Å². The third-order valence-corrected chi connectivity index (χ3v) is 3.92. The number of amides is 1. The molecule has 9 heteroatoms. The van der Waals surface area contributed by atoms with Crippen molar-refractivity contribution in [2.24, 2.45) is 0 Å². The summed E-state index contributed by atoms with van der Waals surface area (Å²) < 4.78 is 8.07. The zero-order chi connectivity index (χ0) is 18.6. The van der Waals surface area contributed by atoms with E-state index < -0.39 is 11.9 Å². The highest BCUT2D eigenvalue weighted by Crippen LogP contribution is 2.18. The number of nitrogens with zero attached hydrogens (tertiary/aromatic N) is 4. The summed E-state index contributed by atoms with van der Waals surface area (Å²) in [5, 5.41) is 11.7. The third-order valence-electron chi connectivity index (χ3n) is 3.38. The minimum absolute atomic E-state index is 0.226. The summed E-state index contributed by atoms with van der Waals surface area (Å²) in [6.45, 7) is 7.61. The average molecular weight is 366 g/mol. The number of aryl methyl sites for hydroxylation is 1. The number of esters is 1. The van der Waals surface area contributed by atoms with Gasteiger partial charge in [-0.25, -0.2) is 9.48 Å². The zero-order valence-corrected chi connectivity index (χ0v) is 15.3. The first-order chi connectivity index (χ1) is 11.8. The molecule has 0 aromatic carbocycles. The molecule has 0 spiro atoms. The van der Waals surface area contributed by atoms with E-state index in [2.05, 4.69) is 15.5 Å². The second-order valence-electron chi connectivity index (χ2n) is 5.40. The number of hydrogen-bond donors (Lipinski definition) is 1. The van der Waals surface area contributed by atoms with Crippen molar-refractivity contribution in [2.45, 2.75) is 34.4 Å². The fourth-order valence-corrected chi connectivity index (χ4v) is 2.29. The first-order valence-corrected chi connectivity index (χ1v) is 8.09. The second kappa shape index (κ2) is 7.98. The molecule has 2 aromatic rings. The number of rotatable bonds is 6. The van der Waals surface area contributed by atoms with Gasteiger partial charge in [0.05, 0.1) is 23.0 Å². The highest BCUT2D eigenvalue weighted by Gasteiger charge is 2.13. The number of allylic oxidation sites excluding steroid dienone is 1. The van der Waals surface area contributed by atoms with Crippen molar-refractivity contribution in [3.8, 4) is 0 Å². The number of carbonyl (C=O) groups excluding carboxylic acids is 2. The Morgan fingerprint density at radius 1 is 1.36 bits per heavy atom. The van der Waals surface area contributed by atoms with Gasteiger partial charge in [0.25, 0.3) is 5.91 Å². The van der Waals surface area contributed by atoms with Gasteiger partial charge in [0.2, 0.25) is 0 Å². The van der Waals surface area contributed by atoms with Gasteiger partial charge in [0.15, 0.2) is 5.69 Å². The Morgan fingerprint density at radius 3 is 2.68 bits per heavy atom. The van der Waals surface area contributed by atoms with Crippen molar-refractivity contribution in [2.75, 3.05) is 6.61 Å². The predicted octanol–water partition coefficient (Wildman–Crippen LogP) is 2.05. The van der Waals surface area contributed by atoms with Crippen LogP contribution in [0.15, 0.2) is 24.0 Å². The van der Waals surface area contributed by atoms with E-state index in [4.69, 9.17) is 16.3 Å². The van der Waals surface area contributed by atoms with Crippen LogP contribution in [0.3, 0.4) is 0 Å². The van der Waals surface area contributed by atoms with Gasteiger partial charge in [-0.2, -0.15) is 10.2 Å². The Labute approximate surface area is 150 Å². The van der Waals surface area contributed by atoms with Gasteiger partial charge >= 0.3 is 5.97 Å². The maximum absolute atomic E-state index is 12.2. The largest absolute Gasteiger partial charge is 0.463 e. The Bertz CT molecular complexity index is 822. The molecule has 2 aromatic heterocycles. The maximum Gasteiger partial charge on any atom is 0.332 e. The fraction of sp³-hybridized carbons (Fsp3) is 0.375. The zero-order valence-electron chi connectivity index (χ0n) is 14.5. The lowest BCUT2D eigenvalue weighted by atomic mass is 10.3. The lowest BCUT2D eigenvalue weighted by Crippen LogP contribution is -2.23. The number of aromatic nitrogens is 4. The van der Waals surface area contributed by atoms with Crippen LogP contribution in [0.25, 0.3) is 0 Å². The van der Waals surface area contributed by atoms with Crippen molar-refractivity contribution in [1.82, 2.24) is 24.9 Å². The van der Waals surface area contributed by atoms with E-state index in [1.165, 1.54) is 6.08 Å². The van der Waals surface area contributed by atoms with Crippen LogP contribution in [0.5, 0.6) is 0 Å². The molecule has 1 amide bonds. The molecule has 0 aliphatic carbocycles. The Kier molecular flexibility index (Phi) is 5.97. The van der Waals surface area contributed by atoms with Gasteiger partial charge in [0.1, 0.15) is 6.67 Å². The van der Waals surface area contributed by atoms with Gasteiger partial charge < -0.3 is 10.1 Å². The standard InChI is InChI=1S/C16H20ClN5O3/c1-5-25-14(23)8-10(2)18-16(24)13-6-7-21(20-13)9-22-12(4)15(17)11(3)19-22/h6-8H,5,9H2,1-4H3,(H,18,24)/b10-8+. The minimum atomic E-state index is -0.507. The van der Waals surface area contributed by atoms with E-state index in [1.54, 1.807) is 35.5 Å². The van der Waals surface area contributed by atoms with Gasteiger partial charge in [-0.3, -0.25) is 9.48 Å². The molecular weight excluding hydrogens is 346 g/mol. The average Bonchev–Trinajstić information content (AvgIpc) is 3.09. The van der Waals surface area contributed by atoms with E-state index in [-0.39, 0.29) is 12.3 Å². The molecule has 0 saturated heterocycles. The number of halogens is 1. The first-order valence-electron chi connectivity index (χ1n) is 7.71. The fourth-order valence-electron chi connectivity index (χ4n) is 2.15. The lowest BCUT2D eigenvalue weighted by Gasteiger charge is -2.05. The topological polar surface area (TPSA) is 91.0 Å². The minimum Gasteiger partial charge on any atom is -0.463 e. The Balaban J connectivity index is 2.04. The Hall–Kier alpha value is -2.61. The van der Waals surface area contributed by atoms with E-state index in [1.807, 2.05) is 13.8 Å². The van der Waals surface area contributed by atoms with Crippen LogP contribution in [0.4, 0.5) is 0 Å². The molecule has 2 rings (SSSR count). The monoisotopic (exact) mass is 365 g/mol. The SMILES string of the molecule is CCOC(=O)/C=C(\C)NC(=O)c1ccn(Cn2nc(C)c(Cl)c2C)n1. The van der Waals surface area contributed by atoms with Crippen LogP contribution in [-0.2, 0) is 16.2 Å². The molecule has 0 unspecified atom stereocenters. The number of hydrogen-bond acceptors (Lipinski definition) is 5. The molecule has 0 saturated carbocycles. The van der Waals surface area contributed by atoms with E-state index >= 15 is 0 Å². The predicted molar refractivity (Wildman–Crippen MR) is 92.2 cm³/mol. The molecular formula is C16H20ClN5O3. The van der Waals surface area contributed by atoms with Gasteiger partial charge in [0, 0.05) is 18.0 Å². The molecule has 0 aliphatic heterocycles. The summed E-state index contributed by atoms with van der Waals surface area (Å²) in [4.78, 5) is 23.5. The van der Waals surface area contributed by atoms with Crippen molar-refractivity contribution >= 4 is 23.5 Å². The summed E-state index contributed by atoms with van der Waals surface area (Å²) in [6, 6.07) is 1.58. The van der Waals surface area contributed by atoms with Crippen molar-refractivity contribution in [3.63, 3.8) is 0 Å². The van der Waals surface area contributed by atoms with Crippen LogP contribution in [0, 0.1) is 13.8 Å². The van der Waals surface area contributed by atoms with Crippen LogP contribution in [0.1, 0.15) is 35.7 Å². The highest BCUT2D eigenvalue weighted by atomic mass is 35.5.